The fourth-order valence-corrected chi connectivity index (χ4v) is 0. The van der Waals surface area contributed by atoms with Gasteiger partial charge in [0.15, 0.2) is 0 Å². The van der Waals surface area contributed by atoms with Crippen molar-refractivity contribution >= 4 is 35.8 Å². The molecule has 0 heterocycles. The molecule has 15 heteroatoms. The minimum absolute atomic E-state index is 0. The van der Waals surface area contributed by atoms with Crippen molar-refractivity contribution in [3.05, 3.63) is 0 Å². The number of carbonyl (C=O) groups is 6. The van der Waals surface area contributed by atoms with Crippen LogP contribution in [-0.4, -0.2) is 61.3 Å². The molecule has 0 aromatic rings. The van der Waals surface area contributed by atoms with Gasteiger partial charge in [0.2, 0.25) is 0 Å². The minimum atomic E-state index is -1.08. The van der Waals surface area contributed by atoms with E-state index in [2.05, 4.69) is 0 Å². The van der Waals surface area contributed by atoms with Crippen LogP contribution in [0.2, 0.25) is 0 Å². The first-order chi connectivity index (χ1) is 10.4. The minimum Gasteiger partial charge on any atom is -0.550 e. The van der Waals surface area contributed by atoms with E-state index in [9.17, 15) is 0 Å². The first-order valence-corrected chi connectivity index (χ1v) is 5.55. The Morgan fingerprint density at radius 3 is 0.481 bits per heavy atom. The van der Waals surface area contributed by atoms with Crippen molar-refractivity contribution in [2.75, 3.05) is 0 Å². The number of hydrogen-bond acceptors (Lipinski definition) is 9. The van der Waals surface area contributed by atoms with Crippen LogP contribution in [-0.2, 0) is 28.8 Å². The van der Waals surface area contributed by atoms with Crippen molar-refractivity contribution in [3.63, 3.8) is 0 Å². The summed E-state index contributed by atoms with van der Waals surface area (Å²) in [7, 11) is 0. The van der Waals surface area contributed by atoms with Gasteiger partial charge in [-0.1, -0.05) is 0 Å². The number of carboxylic acids is 6. The Kier molecular flexibility index (Phi) is 103. The van der Waals surface area contributed by atoms with Crippen LogP contribution in [0.25, 0.3) is 0 Å². The van der Waals surface area contributed by atoms with Gasteiger partial charge in [0.05, 0.1) is 0 Å². The maximum atomic E-state index is 9.00. The summed E-state index contributed by atoms with van der Waals surface area (Å²) in [6.45, 7) is 6.39. The molecule has 0 aliphatic carbocycles. The number of carbonyl (C=O) groups excluding carboxylic acids is 1. The van der Waals surface area contributed by atoms with E-state index in [-0.39, 0.29) is 41.9 Å². The largest absolute Gasteiger partial charge is 1.00 e. The molecule has 0 atom stereocenters. The summed E-state index contributed by atoms with van der Waals surface area (Å²) in [5.41, 5.74) is 0. The van der Waals surface area contributed by atoms with E-state index >= 15 is 0 Å². The Morgan fingerprint density at radius 2 is 0.481 bits per heavy atom. The van der Waals surface area contributed by atoms with Crippen molar-refractivity contribution in [1.29, 1.82) is 0 Å². The summed E-state index contributed by atoms with van der Waals surface area (Å²) in [4.78, 5) is 53.9. The predicted octanol–water partition coefficient (Wildman–Crippen LogP) is -3.46. The molecule has 14 nitrogen and oxygen atoms in total. The topological polar surface area (TPSA) is 297 Å². The van der Waals surface area contributed by atoms with Gasteiger partial charge in [0.25, 0.3) is 29.8 Å². The van der Waals surface area contributed by atoms with Crippen LogP contribution in [0, 0.1) is 0 Å². The van der Waals surface area contributed by atoms with Crippen molar-refractivity contribution in [2.45, 2.75) is 41.5 Å². The van der Waals surface area contributed by atoms with Crippen LogP contribution in [0.3, 0.4) is 0 Å². The Morgan fingerprint density at radius 1 is 0.481 bits per heavy atom. The second-order valence-corrected chi connectivity index (χ2v) is 3.09. The quantitative estimate of drug-likeness (QED) is 0.189. The summed E-state index contributed by atoms with van der Waals surface area (Å²) in [5.74, 6) is -5.25. The Balaban J connectivity index is -0.0000000201. The Hall–Kier alpha value is -2.26. The molecule has 0 spiro atoms. The third kappa shape index (κ3) is 2200. The third-order valence-corrected chi connectivity index (χ3v) is 0. The maximum Gasteiger partial charge on any atom is 1.00 e. The SMILES string of the molecule is CC(=O)O.CC(=O)O.CC(=O)O.CC(=O)O.CC(=O)O.CC(=O)[O-].N.N.[Na+]. The van der Waals surface area contributed by atoms with Crippen LogP contribution in [0.5, 0.6) is 0 Å². The molecule has 0 fully saturated rings. The number of carboxylic acid groups (broad SMARTS) is 6. The summed E-state index contributed by atoms with van der Waals surface area (Å²) in [6, 6.07) is 0. The molecule has 0 aromatic heterocycles. The zero-order valence-corrected chi connectivity index (χ0v) is 18.5. The third-order valence-electron chi connectivity index (χ3n) is 0. The molecule has 0 rings (SSSR count). The molecule has 0 aliphatic rings. The molecule has 0 saturated heterocycles. The van der Waals surface area contributed by atoms with E-state index in [4.69, 9.17) is 59.4 Å². The molecule has 27 heavy (non-hydrogen) atoms. The van der Waals surface area contributed by atoms with Crippen molar-refractivity contribution < 1.29 is 89.0 Å². The molecule has 0 saturated carbocycles. The normalized spacial score (nSPS) is 5.56. The van der Waals surface area contributed by atoms with E-state index in [0.717, 1.165) is 41.5 Å². The number of aliphatic carboxylic acids is 6. The van der Waals surface area contributed by atoms with Crippen molar-refractivity contribution in [2.24, 2.45) is 0 Å². The average Bonchev–Trinajstić information content (AvgIpc) is 2.08. The van der Waals surface area contributed by atoms with Gasteiger partial charge >= 0.3 is 29.6 Å². The van der Waals surface area contributed by atoms with E-state index in [0.29, 0.717) is 0 Å². The van der Waals surface area contributed by atoms with Crippen molar-refractivity contribution in [1.82, 2.24) is 12.3 Å². The molecule has 0 bridgehead atoms. The molecule has 0 aromatic carbocycles. The standard InChI is InChI=1S/6C2H4O2.2H3N.Na/c6*1-2(3)4;;;/h6*1H3,(H,3,4);2*1H3;/q;;;;;;;;+1/p-1. The van der Waals surface area contributed by atoms with Gasteiger partial charge in [-0.25, -0.2) is 0 Å². The maximum absolute atomic E-state index is 9.00. The monoisotopic (exact) mass is 416 g/mol. The molecule has 0 unspecified atom stereocenters. The van der Waals surface area contributed by atoms with Crippen LogP contribution >= 0.6 is 0 Å². The van der Waals surface area contributed by atoms with Gasteiger partial charge < -0.3 is 47.7 Å². The summed E-state index contributed by atoms with van der Waals surface area (Å²) >= 11 is 0. The zero-order chi connectivity index (χ0) is 21.5. The van der Waals surface area contributed by atoms with E-state index in [1.807, 2.05) is 0 Å². The average molecular weight is 416 g/mol. The molecule has 0 radical (unpaired) electrons. The smallest absolute Gasteiger partial charge is 0.550 e. The zero-order valence-electron chi connectivity index (χ0n) is 16.5. The van der Waals surface area contributed by atoms with Crippen LogP contribution < -0.4 is 47.0 Å². The van der Waals surface area contributed by atoms with E-state index < -0.39 is 35.8 Å². The second kappa shape index (κ2) is 49.6. The van der Waals surface area contributed by atoms with Crippen LogP contribution in [0.1, 0.15) is 41.5 Å². The first-order valence-electron chi connectivity index (χ1n) is 5.55. The molecule has 0 amide bonds. The molecule has 160 valence electrons. The molecular formula is C12H29N2NaO12. The summed E-state index contributed by atoms with van der Waals surface area (Å²) in [5, 5.41) is 46.0. The van der Waals surface area contributed by atoms with Crippen LogP contribution in [0.15, 0.2) is 0 Å². The Bertz CT molecular complexity index is 272. The second-order valence-electron chi connectivity index (χ2n) is 3.09. The molecule has 0 aliphatic heterocycles. The van der Waals surface area contributed by atoms with Crippen LogP contribution in [0.4, 0.5) is 0 Å². The first kappa shape index (κ1) is 56.3. The fraction of sp³-hybridized carbons (Fsp3) is 0.500. The van der Waals surface area contributed by atoms with E-state index in [1.165, 1.54) is 0 Å². The predicted molar refractivity (Wildman–Crippen MR) is 87.3 cm³/mol. The van der Waals surface area contributed by atoms with Gasteiger partial charge in [-0.15, -0.1) is 0 Å². The Labute approximate surface area is 178 Å². The van der Waals surface area contributed by atoms with Gasteiger partial charge in [0, 0.05) is 40.6 Å². The molecule has 11 N–H and O–H groups in total. The summed E-state index contributed by atoms with van der Waals surface area (Å²) < 4.78 is 0. The number of hydrogen-bond donors (Lipinski definition) is 7. The summed E-state index contributed by atoms with van der Waals surface area (Å²) in [6.07, 6.45) is 0. The van der Waals surface area contributed by atoms with Gasteiger partial charge in [0.1, 0.15) is 0 Å². The molecular weight excluding hydrogens is 387 g/mol. The fourth-order valence-electron chi connectivity index (χ4n) is 0. The van der Waals surface area contributed by atoms with E-state index in [1.54, 1.807) is 0 Å². The van der Waals surface area contributed by atoms with Gasteiger partial charge in [-0.2, -0.15) is 0 Å². The van der Waals surface area contributed by atoms with Crippen molar-refractivity contribution in [3.8, 4) is 0 Å². The number of rotatable bonds is 0. The van der Waals surface area contributed by atoms with Gasteiger partial charge in [-0.05, 0) is 6.92 Å². The van der Waals surface area contributed by atoms with Gasteiger partial charge in [-0.3, -0.25) is 24.0 Å².